The summed E-state index contributed by atoms with van der Waals surface area (Å²) in [6.45, 7) is 2.81. The van der Waals surface area contributed by atoms with E-state index in [0.717, 1.165) is 18.9 Å². The van der Waals surface area contributed by atoms with Crippen LogP contribution in [0.3, 0.4) is 0 Å². The number of sulfone groups is 1. The molecule has 1 fully saturated rings. The summed E-state index contributed by atoms with van der Waals surface area (Å²) in [7, 11) is -5.28. The quantitative estimate of drug-likeness (QED) is 0.292. The van der Waals surface area contributed by atoms with Crippen LogP contribution in [0.5, 0.6) is 5.75 Å². The third-order valence-electron chi connectivity index (χ3n) is 6.96. The number of halogens is 4. The zero-order chi connectivity index (χ0) is 27.1. The minimum absolute atomic E-state index is 0.0140. The molecule has 1 aromatic carbocycles. The van der Waals surface area contributed by atoms with Crippen molar-refractivity contribution in [2.24, 2.45) is 11.3 Å². The van der Waals surface area contributed by atoms with Gasteiger partial charge in [-0.15, -0.1) is 11.8 Å². The highest BCUT2D eigenvalue weighted by molar-refractivity contribution is 7.98. The molecule has 0 unspecified atom stereocenters. The summed E-state index contributed by atoms with van der Waals surface area (Å²) in [5.74, 6) is -6.18. The molecule has 0 spiro atoms. The first-order chi connectivity index (χ1) is 16.5. The van der Waals surface area contributed by atoms with E-state index in [4.69, 9.17) is 4.74 Å². The summed E-state index contributed by atoms with van der Waals surface area (Å²) in [6, 6.07) is 2.34. The minimum atomic E-state index is -5.28. The van der Waals surface area contributed by atoms with E-state index in [1.807, 2.05) is 0 Å². The number of ether oxygens (including phenoxy) is 1. The van der Waals surface area contributed by atoms with Crippen LogP contribution >= 0.6 is 11.8 Å². The van der Waals surface area contributed by atoms with Gasteiger partial charge in [0.25, 0.3) is 0 Å². The summed E-state index contributed by atoms with van der Waals surface area (Å²) in [4.78, 5) is 13.0. The number of anilines is 1. The number of carboxylic acid groups (broad SMARTS) is 1. The molecule has 12 heteroatoms. The molecular weight excluding hydrogens is 522 g/mol. The van der Waals surface area contributed by atoms with Gasteiger partial charge < -0.3 is 14.7 Å². The van der Waals surface area contributed by atoms with E-state index in [1.165, 1.54) is 31.7 Å². The van der Waals surface area contributed by atoms with Crippen molar-refractivity contribution in [3.63, 3.8) is 0 Å². The highest BCUT2D eigenvalue weighted by Gasteiger charge is 2.57. The topological polar surface area (TPSA) is 83.9 Å². The van der Waals surface area contributed by atoms with Crippen molar-refractivity contribution in [2.75, 3.05) is 24.3 Å². The molecule has 1 heterocycles. The van der Waals surface area contributed by atoms with Gasteiger partial charge in [-0.3, -0.25) is 4.79 Å². The van der Waals surface area contributed by atoms with Gasteiger partial charge in [0.05, 0.1) is 21.9 Å². The zero-order valence-corrected chi connectivity index (χ0v) is 22.5. The SMILES string of the molecule is CSc1cc2c(cc1OCC(C)(C)C(=O)O)S(=O)(=O)C(F)(F)[C@H](CCC(C)(F)F)CN2C1CCCC1. The van der Waals surface area contributed by atoms with Crippen LogP contribution in [-0.2, 0) is 14.6 Å². The molecule has 1 atom stereocenters. The molecule has 204 valence electrons. The third kappa shape index (κ3) is 5.74. The number of carbonyl (C=O) groups is 1. The summed E-state index contributed by atoms with van der Waals surface area (Å²) in [5.41, 5.74) is -1.20. The van der Waals surface area contributed by atoms with Crippen LogP contribution in [0, 0.1) is 11.3 Å². The van der Waals surface area contributed by atoms with Crippen LogP contribution in [0.1, 0.15) is 59.3 Å². The van der Waals surface area contributed by atoms with Crippen LogP contribution in [0.15, 0.2) is 21.9 Å². The second kappa shape index (κ2) is 10.2. The Hall–Kier alpha value is -1.69. The van der Waals surface area contributed by atoms with Gasteiger partial charge in [0, 0.05) is 25.1 Å². The zero-order valence-electron chi connectivity index (χ0n) is 20.8. The molecule has 36 heavy (non-hydrogen) atoms. The van der Waals surface area contributed by atoms with Crippen molar-refractivity contribution in [2.45, 2.75) is 86.3 Å². The average molecular weight is 556 g/mol. The number of alkyl halides is 4. The van der Waals surface area contributed by atoms with Crippen LogP contribution in [-0.4, -0.2) is 56.1 Å². The molecule has 0 bridgehead atoms. The highest BCUT2D eigenvalue weighted by Crippen LogP contribution is 2.50. The van der Waals surface area contributed by atoms with Gasteiger partial charge in [-0.2, -0.15) is 8.78 Å². The predicted molar refractivity (Wildman–Crippen MR) is 130 cm³/mol. The summed E-state index contributed by atoms with van der Waals surface area (Å²) in [5, 5.41) is 5.10. The van der Waals surface area contributed by atoms with E-state index >= 15 is 8.78 Å². The second-order valence-corrected chi connectivity index (χ2v) is 13.2. The van der Waals surface area contributed by atoms with Crippen molar-refractivity contribution in [3.05, 3.63) is 12.1 Å². The lowest BCUT2D eigenvalue weighted by Crippen LogP contribution is -2.43. The lowest BCUT2D eigenvalue weighted by molar-refractivity contribution is -0.148. The molecular formula is C24H33F4NO5S2. The second-order valence-electron chi connectivity index (χ2n) is 10.4. The van der Waals surface area contributed by atoms with Crippen LogP contribution in [0.2, 0.25) is 0 Å². The molecule has 2 aliphatic rings. The molecule has 0 amide bonds. The Labute approximate surface area is 213 Å². The summed E-state index contributed by atoms with van der Waals surface area (Å²) < 4.78 is 90.9. The maximum Gasteiger partial charge on any atom is 0.354 e. The normalized spacial score (nSPS) is 22.2. The molecule has 1 aromatic rings. The number of aliphatic carboxylic acids is 1. The largest absolute Gasteiger partial charge is 0.491 e. The maximum absolute atomic E-state index is 15.6. The fourth-order valence-electron chi connectivity index (χ4n) is 4.62. The Morgan fingerprint density at radius 1 is 1.22 bits per heavy atom. The number of carboxylic acids is 1. The highest BCUT2D eigenvalue weighted by atomic mass is 32.2. The Kier molecular flexibility index (Phi) is 8.20. The third-order valence-corrected chi connectivity index (χ3v) is 9.67. The minimum Gasteiger partial charge on any atom is -0.491 e. The smallest absolute Gasteiger partial charge is 0.354 e. The monoisotopic (exact) mass is 555 g/mol. The summed E-state index contributed by atoms with van der Waals surface area (Å²) >= 11 is 1.21. The number of nitrogens with zero attached hydrogens (tertiary/aromatic N) is 1. The van der Waals surface area contributed by atoms with E-state index < -0.39 is 56.1 Å². The van der Waals surface area contributed by atoms with Crippen molar-refractivity contribution < 1.29 is 40.6 Å². The first-order valence-corrected chi connectivity index (χ1v) is 14.6. The number of rotatable bonds is 9. The van der Waals surface area contributed by atoms with Gasteiger partial charge in [0.1, 0.15) is 17.3 Å². The summed E-state index contributed by atoms with van der Waals surface area (Å²) in [6.07, 6.45) is 3.28. The number of benzene rings is 1. The van der Waals surface area contributed by atoms with Gasteiger partial charge in [-0.25, -0.2) is 17.2 Å². The molecule has 1 N–H and O–H groups in total. The Morgan fingerprint density at radius 2 is 1.83 bits per heavy atom. The first-order valence-electron chi connectivity index (χ1n) is 11.9. The van der Waals surface area contributed by atoms with E-state index in [9.17, 15) is 27.1 Å². The van der Waals surface area contributed by atoms with Gasteiger partial charge in [-0.1, -0.05) is 12.8 Å². The predicted octanol–water partition coefficient (Wildman–Crippen LogP) is 6.08. The van der Waals surface area contributed by atoms with E-state index in [0.29, 0.717) is 24.7 Å². The molecule has 1 aliphatic heterocycles. The fourth-order valence-corrected chi connectivity index (χ4v) is 6.81. The van der Waals surface area contributed by atoms with Crippen molar-refractivity contribution >= 4 is 33.3 Å². The number of hydrogen-bond donors (Lipinski definition) is 1. The molecule has 1 saturated carbocycles. The fraction of sp³-hybridized carbons (Fsp3) is 0.708. The van der Waals surface area contributed by atoms with Crippen molar-refractivity contribution in [1.29, 1.82) is 0 Å². The van der Waals surface area contributed by atoms with Gasteiger partial charge in [-0.05, 0) is 52.4 Å². The Balaban J connectivity index is 2.15. The molecule has 0 aromatic heterocycles. The van der Waals surface area contributed by atoms with Gasteiger partial charge in [0.2, 0.25) is 15.8 Å². The van der Waals surface area contributed by atoms with Crippen LogP contribution < -0.4 is 9.64 Å². The maximum atomic E-state index is 15.6. The number of thioether (sulfide) groups is 1. The molecule has 6 nitrogen and oxygen atoms in total. The van der Waals surface area contributed by atoms with Crippen molar-refractivity contribution in [1.82, 2.24) is 0 Å². The molecule has 1 aliphatic carbocycles. The van der Waals surface area contributed by atoms with E-state index in [2.05, 4.69) is 0 Å². The Bertz CT molecular complexity index is 1080. The lowest BCUT2D eigenvalue weighted by atomic mass is 9.95. The first kappa shape index (κ1) is 28.9. The molecule has 0 radical (unpaired) electrons. The standard InChI is InChI=1S/C24H33F4NO5S2/c1-22(2,21(30)31)14-34-18-12-20-17(11-19(18)35-4)29(16-7-5-6-8-16)13-15(9-10-23(3,25)26)24(27,28)36(20,32)33/h11-12,15-16H,5-10,13-14H2,1-4H3,(H,30,31)/t15-/m1/s1. The lowest BCUT2D eigenvalue weighted by Gasteiger charge is -2.34. The Morgan fingerprint density at radius 3 is 2.36 bits per heavy atom. The van der Waals surface area contributed by atoms with Gasteiger partial charge >= 0.3 is 11.2 Å². The number of fused-ring (bicyclic) bond motifs is 1. The molecule has 3 rings (SSSR count). The van der Waals surface area contributed by atoms with Crippen LogP contribution in [0.25, 0.3) is 0 Å². The van der Waals surface area contributed by atoms with Crippen molar-refractivity contribution in [3.8, 4) is 5.75 Å². The van der Waals surface area contributed by atoms with E-state index in [1.54, 1.807) is 11.2 Å². The molecule has 0 saturated heterocycles. The number of hydrogen-bond acceptors (Lipinski definition) is 6. The van der Waals surface area contributed by atoms with E-state index in [-0.39, 0.29) is 30.6 Å². The van der Waals surface area contributed by atoms with Gasteiger partial charge in [0.15, 0.2) is 0 Å². The average Bonchev–Trinajstić information content (AvgIpc) is 3.29. The van der Waals surface area contributed by atoms with Crippen LogP contribution in [0.4, 0.5) is 23.2 Å².